The Morgan fingerprint density at radius 2 is 1.61 bits per heavy atom. The van der Waals surface area contributed by atoms with Crippen LogP contribution in [0.15, 0.2) is 84.1 Å². The summed E-state index contributed by atoms with van der Waals surface area (Å²) in [6, 6.07) is 22.8. The van der Waals surface area contributed by atoms with E-state index in [0.717, 1.165) is 27.6 Å². The second kappa shape index (κ2) is 9.06. The molecule has 3 N–H and O–H groups in total. The van der Waals surface area contributed by atoms with Crippen molar-refractivity contribution in [3.05, 3.63) is 95.1 Å². The van der Waals surface area contributed by atoms with Crippen molar-refractivity contribution in [3.63, 3.8) is 0 Å². The quantitative estimate of drug-likeness (QED) is 0.190. The number of para-hydroxylation sites is 1. The van der Waals surface area contributed by atoms with Gasteiger partial charge < -0.3 is 15.3 Å². The molecule has 1 aromatic heterocycles. The minimum atomic E-state index is -0.927. The van der Waals surface area contributed by atoms with Gasteiger partial charge in [0.2, 0.25) is 0 Å². The van der Waals surface area contributed by atoms with Crippen LogP contribution in [0.2, 0.25) is 5.02 Å². The Labute approximate surface area is 184 Å². The number of fused-ring (bicyclic) bond motifs is 1. The minimum absolute atomic E-state index is 0.117. The molecule has 0 aliphatic rings. The third kappa shape index (κ3) is 4.62. The maximum atomic E-state index is 12.0. The van der Waals surface area contributed by atoms with Crippen LogP contribution < -0.4 is 0 Å². The molecule has 156 valence electrons. The number of aromatic nitrogens is 1. The Kier molecular flexibility index (Phi) is 6.05. The second-order valence-corrected chi connectivity index (χ2v) is 7.87. The van der Waals surface area contributed by atoms with Gasteiger partial charge in [-0.25, -0.2) is 0 Å². The molecule has 0 aliphatic heterocycles. The van der Waals surface area contributed by atoms with Crippen LogP contribution >= 0.6 is 11.6 Å². The molecule has 0 bridgehead atoms. The molecule has 0 amide bonds. The summed E-state index contributed by atoms with van der Waals surface area (Å²) in [5, 5.41) is 24.5. The molecule has 0 aliphatic carbocycles. The van der Waals surface area contributed by atoms with Crippen molar-refractivity contribution < 1.29 is 15.1 Å². The fourth-order valence-electron chi connectivity index (χ4n) is 3.76. The number of rotatable bonds is 7. The summed E-state index contributed by atoms with van der Waals surface area (Å²) in [5.74, 6) is -1.65. The molecule has 1 atom stereocenters. The molecule has 31 heavy (non-hydrogen) atoms. The number of benzene rings is 3. The van der Waals surface area contributed by atoms with Crippen molar-refractivity contribution in [2.45, 2.75) is 12.8 Å². The van der Waals surface area contributed by atoms with Crippen molar-refractivity contribution in [1.82, 2.24) is 4.98 Å². The molecule has 3 aromatic carbocycles. The standard InChI is InChI=1S/C25H21ClN2O3/c26-21-11-9-17(10-12-21)16-5-7-18(8-6-16)24(28-31)14-19(25(29)30)13-20-15-27-23-4-2-1-3-22(20)23/h1-12,15,19,27,31H,13-14H2,(H,29,30). The van der Waals surface area contributed by atoms with Crippen molar-refractivity contribution in [1.29, 1.82) is 0 Å². The van der Waals surface area contributed by atoms with E-state index in [9.17, 15) is 15.1 Å². The van der Waals surface area contributed by atoms with Crippen LogP contribution in [0.5, 0.6) is 0 Å². The van der Waals surface area contributed by atoms with Crippen LogP contribution in [0.3, 0.4) is 0 Å². The first-order valence-electron chi connectivity index (χ1n) is 9.90. The summed E-state index contributed by atoms with van der Waals surface area (Å²) >= 11 is 5.95. The fraction of sp³-hybridized carbons (Fsp3) is 0.120. The maximum Gasteiger partial charge on any atom is 0.307 e. The van der Waals surface area contributed by atoms with Crippen molar-refractivity contribution >= 4 is 34.2 Å². The lowest BCUT2D eigenvalue weighted by molar-refractivity contribution is -0.141. The summed E-state index contributed by atoms with van der Waals surface area (Å²) in [7, 11) is 0. The van der Waals surface area contributed by atoms with E-state index in [-0.39, 0.29) is 6.42 Å². The fourth-order valence-corrected chi connectivity index (χ4v) is 3.89. The number of carboxylic acids is 1. The molecule has 0 radical (unpaired) electrons. The van der Waals surface area contributed by atoms with Gasteiger partial charge in [-0.3, -0.25) is 4.79 Å². The third-order valence-electron chi connectivity index (χ3n) is 5.45. The van der Waals surface area contributed by atoms with Gasteiger partial charge in [0.25, 0.3) is 0 Å². The number of nitrogens with one attached hydrogen (secondary N) is 1. The van der Waals surface area contributed by atoms with Crippen LogP contribution in [0.25, 0.3) is 22.0 Å². The lowest BCUT2D eigenvalue weighted by Gasteiger charge is -2.13. The number of H-pyrrole nitrogens is 1. The predicted octanol–water partition coefficient (Wildman–Crippen LogP) is 6.00. The molecule has 4 rings (SSSR count). The van der Waals surface area contributed by atoms with E-state index in [4.69, 9.17) is 11.6 Å². The van der Waals surface area contributed by atoms with E-state index >= 15 is 0 Å². The molecule has 0 spiro atoms. The highest BCUT2D eigenvalue weighted by atomic mass is 35.5. The van der Waals surface area contributed by atoms with E-state index < -0.39 is 11.9 Å². The van der Waals surface area contributed by atoms with Gasteiger partial charge in [0, 0.05) is 28.5 Å². The second-order valence-electron chi connectivity index (χ2n) is 7.43. The normalized spacial score (nSPS) is 12.7. The highest BCUT2D eigenvalue weighted by Gasteiger charge is 2.23. The number of nitrogens with zero attached hydrogens (tertiary/aromatic N) is 1. The number of oxime groups is 1. The Morgan fingerprint density at radius 1 is 0.968 bits per heavy atom. The van der Waals surface area contributed by atoms with Gasteiger partial charge in [-0.2, -0.15) is 0 Å². The first kappa shape index (κ1) is 20.7. The Hall–Kier alpha value is -3.57. The number of carbonyl (C=O) groups is 1. The van der Waals surface area contributed by atoms with Gasteiger partial charge in [0.05, 0.1) is 11.6 Å². The molecule has 0 saturated heterocycles. The number of hydrogen-bond acceptors (Lipinski definition) is 3. The zero-order valence-electron chi connectivity index (χ0n) is 16.6. The molecule has 0 fully saturated rings. The minimum Gasteiger partial charge on any atom is -0.481 e. The van der Waals surface area contributed by atoms with Crippen LogP contribution in [0.4, 0.5) is 0 Å². The number of aromatic amines is 1. The van der Waals surface area contributed by atoms with Crippen LogP contribution in [-0.4, -0.2) is 27.0 Å². The highest BCUT2D eigenvalue weighted by molar-refractivity contribution is 6.30. The van der Waals surface area contributed by atoms with Gasteiger partial charge in [-0.15, -0.1) is 0 Å². The van der Waals surface area contributed by atoms with Crippen LogP contribution in [-0.2, 0) is 11.2 Å². The van der Waals surface area contributed by atoms with E-state index in [0.29, 0.717) is 22.7 Å². The predicted molar refractivity (Wildman–Crippen MR) is 123 cm³/mol. The summed E-state index contributed by atoms with van der Waals surface area (Å²) in [6.07, 6.45) is 2.30. The summed E-state index contributed by atoms with van der Waals surface area (Å²) in [5.41, 5.74) is 4.93. The first-order valence-corrected chi connectivity index (χ1v) is 10.3. The molecule has 4 aromatic rings. The van der Waals surface area contributed by atoms with Crippen molar-refractivity contribution in [2.75, 3.05) is 0 Å². The molecule has 1 heterocycles. The van der Waals surface area contributed by atoms with E-state index in [1.165, 1.54) is 0 Å². The van der Waals surface area contributed by atoms with E-state index in [2.05, 4.69) is 10.1 Å². The van der Waals surface area contributed by atoms with Gasteiger partial charge in [-0.05, 0) is 46.9 Å². The average molecular weight is 433 g/mol. The SMILES string of the molecule is O=C(O)C(CC(=NO)c1ccc(-c2ccc(Cl)cc2)cc1)Cc1c[nH]c2ccccc12. The molecule has 1 unspecified atom stereocenters. The topological polar surface area (TPSA) is 85.7 Å². The van der Waals surface area contributed by atoms with Gasteiger partial charge >= 0.3 is 5.97 Å². The van der Waals surface area contributed by atoms with Crippen molar-refractivity contribution in [3.8, 4) is 11.1 Å². The monoisotopic (exact) mass is 432 g/mol. The number of halogens is 1. The van der Waals surface area contributed by atoms with Crippen molar-refractivity contribution in [2.24, 2.45) is 11.1 Å². The highest BCUT2D eigenvalue weighted by Crippen LogP contribution is 2.25. The maximum absolute atomic E-state index is 12.0. The van der Waals surface area contributed by atoms with Gasteiger partial charge in [0.1, 0.15) is 0 Å². The number of aliphatic carboxylic acids is 1. The Balaban J connectivity index is 1.53. The first-order chi connectivity index (χ1) is 15.0. The molecule has 5 nitrogen and oxygen atoms in total. The molecular formula is C25H21ClN2O3. The molecule has 6 heteroatoms. The molecular weight excluding hydrogens is 412 g/mol. The lowest BCUT2D eigenvalue weighted by Crippen LogP contribution is -2.21. The third-order valence-corrected chi connectivity index (χ3v) is 5.70. The van der Waals surface area contributed by atoms with E-state index in [1.807, 2.05) is 79.0 Å². The summed E-state index contributed by atoms with van der Waals surface area (Å²) in [6.45, 7) is 0. The largest absolute Gasteiger partial charge is 0.481 e. The lowest BCUT2D eigenvalue weighted by atomic mass is 9.91. The molecule has 0 saturated carbocycles. The van der Waals surface area contributed by atoms with Crippen LogP contribution in [0.1, 0.15) is 17.5 Å². The zero-order valence-corrected chi connectivity index (χ0v) is 17.4. The van der Waals surface area contributed by atoms with Gasteiger partial charge in [0.15, 0.2) is 0 Å². The smallest absolute Gasteiger partial charge is 0.307 e. The summed E-state index contributed by atoms with van der Waals surface area (Å²) in [4.78, 5) is 15.1. The van der Waals surface area contributed by atoms with Crippen LogP contribution in [0, 0.1) is 5.92 Å². The summed E-state index contributed by atoms with van der Waals surface area (Å²) < 4.78 is 0. The van der Waals surface area contributed by atoms with Gasteiger partial charge in [-0.1, -0.05) is 71.4 Å². The Morgan fingerprint density at radius 3 is 2.26 bits per heavy atom. The number of hydrogen-bond donors (Lipinski definition) is 3. The van der Waals surface area contributed by atoms with E-state index in [1.54, 1.807) is 0 Å². The Bertz CT molecular complexity index is 1230. The zero-order chi connectivity index (χ0) is 21.8. The number of carboxylic acid groups (broad SMARTS) is 1. The average Bonchev–Trinajstić information content (AvgIpc) is 3.20.